The lowest BCUT2D eigenvalue weighted by Gasteiger charge is -2.15. The van der Waals surface area contributed by atoms with Crippen molar-refractivity contribution in [3.63, 3.8) is 0 Å². The van der Waals surface area contributed by atoms with Gasteiger partial charge < -0.3 is 0 Å². The van der Waals surface area contributed by atoms with Gasteiger partial charge in [-0.25, -0.2) is 0 Å². The van der Waals surface area contributed by atoms with E-state index in [4.69, 9.17) is 11.6 Å². The highest BCUT2D eigenvalue weighted by Gasteiger charge is 2.16. The number of hydrogen-bond donors (Lipinski definition) is 0. The zero-order chi connectivity index (χ0) is 8.48. The maximum Gasteiger partial charge on any atom is 0.123 e. The van der Waals surface area contributed by atoms with Gasteiger partial charge in [0.2, 0.25) is 0 Å². The van der Waals surface area contributed by atoms with E-state index in [0.29, 0.717) is 0 Å². The number of hydrogen-bond acceptors (Lipinski definition) is 1. The normalized spacial score (nSPS) is 11.5. The lowest BCUT2D eigenvalue weighted by Crippen LogP contribution is -2.18. The molecule has 0 bridgehead atoms. The number of rotatable bonds is 1. The van der Waals surface area contributed by atoms with E-state index in [0.717, 1.165) is 10.0 Å². The standard InChI is InChI=1S/C6H7B2BrClN/c7-6(8,10)4-1-5(9)3-11-2-4/h1-3H,7-8H2. The summed E-state index contributed by atoms with van der Waals surface area (Å²) in [5, 5.41) is 0. The van der Waals surface area contributed by atoms with Gasteiger partial charge in [-0.05, 0) is 27.6 Å². The molecule has 1 aromatic heterocycles. The second kappa shape index (κ2) is 3.20. The maximum atomic E-state index is 6.07. The topological polar surface area (TPSA) is 12.9 Å². The summed E-state index contributed by atoms with van der Waals surface area (Å²) in [7, 11) is 3.88. The maximum absolute atomic E-state index is 6.07. The first-order valence-electron chi connectivity index (χ1n) is 3.30. The molecular formula is C6H7B2BrClN. The molecule has 0 amide bonds. The average Bonchev–Trinajstić information content (AvgIpc) is 1.86. The molecule has 1 aromatic rings. The second-order valence-electron chi connectivity index (χ2n) is 2.86. The molecule has 0 spiro atoms. The number of alkyl halides is 1. The van der Waals surface area contributed by atoms with Crippen molar-refractivity contribution in [1.29, 1.82) is 0 Å². The van der Waals surface area contributed by atoms with Crippen LogP contribution in [0.25, 0.3) is 0 Å². The fourth-order valence-corrected chi connectivity index (χ4v) is 1.21. The van der Waals surface area contributed by atoms with E-state index in [-0.39, 0.29) is 4.67 Å². The van der Waals surface area contributed by atoms with E-state index < -0.39 is 0 Å². The van der Waals surface area contributed by atoms with Crippen LogP contribution in [0.5, 0.6) is 0 Å². The summed E-state index contributed by atoms with van der Waals surface area (Å²) < 4.78 is 0.625. The van der Waals surface area contributed by atoms with Gasteiger partial charge >= 0.3 is 0 Å². The molecule has 0 unspecified atom stereocenters. The van der Waals surface area contributed by atoms with Gasteiger partial charge in [0.15, 0.2) is 0 Å². The van der Waals surface area contributed by atoms with Gasteiger partial charge in [-0.3, -0.25) is 4.98 Å². The van der Waals surface area contributed by atoms with Crippen LogP contribution in [-0.4, -0.2) is 20.7 Å². The monoisotopic (exact) mass is 229 g/mol. The minimum Gasteiger partial charge on any atom is -0.263 e. The minimum absolute atomic E-state index is 0.337. The lowest BCUT2D eigenvalue weighted by atomic mass is 9.66. The number of nitrogens with zero attached hydrogens (tertiary/aromatic N) is 1. The summed E-state index contributed by atoms with van der Waals surface area (Å²) in [5.41, 5.74) is 1.02. The molecule has 0 atom stereocenters. The summed E-state index contributed by atoms with van der Waals surface area (Å²) in [6.45, 7) is 0. The van der Waals surface area contributed by atoms with Crippen LogP contribution in [0.4, 0.5) is 0 Å². The third kappa shape index (κ3) is 2.53. The Hall–Kier alpha value is 0.0499. The smallest absolute Gasteiger partial charge is 0.123 e. The van der Waals surface area contributed by atoms with Crippen LogP contribution < -0.4 is 0 Å². The first kappa shape index (κ1) is 9.14. The molecule has 0 saturated carbocycles. The van der Waals surface area contributed by atoms with Crippen molar-refractivity contribution >= 4 is 43.2 Å². The number of aromatic nitrogens is 1. The molecule has 0 saturated heterocycles. The van der Waals surface area contributed by atoms with Crippen LogP contribution in [0.15, 0.2) is 22.9 Å². The highest BCUT2D eigenvalue weighted by atomic mass is 79.9. The van der Waals surface area contributed by atoms with Gasteiger partial charge in [0.1, 0.15) is 15.7 Å². The second-order valence-corrected chi connectivity index (χ2v) is 4.72. The van der Waals surface area contributed by atoms with Crippen molar-refractivity contribution in [1.82, 2.24) is 4.98 Å². The summed E-state index contributed by atoms with van der Waals surface area (Å²) in [4.78, 5) is 4.02. The van der Waals surface area contributed by atoms with Crippen molar-refractivity contribution in [2.75, 3.05) is 0 Å². The van der Waals surface area contributed by atoms with E-state index in [1.807, 2.05) is 21.8 Å². The third-order valence-corrected chi connectivity index (χ3v) is 2.04. The Balaban J connectivity index is 3.06. The minimum atomic E-state index is -0.337. The van der Waals surface area contributed by atoms with E-state index >= 15 is 0 Å². The zero-order valence-corrected chi connectivity index (χ0v) is 8.78. The van der Waals surface area contributed by atoms with Crippen molar-refractivity contribution in [3.05, 3.63) is 28.5 Å². The molecule has 0 fully saturated rings. The molecular weight excluding hydrogens is 223 g/mol. The van der Waals surface area contributed by atoms with Gasteiger partial charge in [-0.15, -0.1) is 11.6 Å². The quantitative estimate of drug-likeness (QED) is 0.504. The van der Waals surface area contributed by atoms with E-state index in [9.17, 15) is 0 Å². The van der Waals surface area contributed by atoms with Crippen molar-refractivity contribution in [2.24, 2.45) is 0 Å². The Kier molecular flexibility index (Phi) is 2.66. The predicted molar refractivity (Wildman–Crippen MR) is 56.6 cm³/mol. The van der Waals surface area contributed by atoms with Crippen molar-refractivity contribution in [3.8, 4) is 0 Å². The van der Waals surface area contributed by atoms with Gasteiger partial charge in [0.05, 0.1) is 0 Å². The molecule has 11 heavy (non-hydrogen) atoms. The first-order valence-corrected chi connectivity index (χ1v) is 4.47. The van der Waals surface area contributed by atoms with Gasteiger partial charge in [-0.1, -0.05) is 0 Å². The highest BCUT2D eigenvalue weighted by Crippen LogP contribution is 2.22. The summed E-state index contributed by atoms with van der Waals surface area (Å²) in [6, 6.07) is 1.97. The Morgan fingerprint density at radius 2 is 2.09 bits per heavy atom. The summed E-state index contributed by atoms with van der Waals surface area (Å²) in [6.07, 6.45) is 3.52. The first-order chi connectivity index (χ1) is 5.00. The van der Waals surface area contributed by atoms with Gasteiger partial charge in [-0.2, -0.15) is 0 Å². The third-order valence-electron chi connectivity index (χ3n) is 1.39. The Labute approximate surface area is 81.5 Å². The molecule has 1 nitrogen and oxygen atoms in total. The van der Waals surface area contributed by atoms with Crippen molar-refractivity contribution < 1.29 is 0 Å². The van der Waals surface area contributed by atoms with E-state index in [1.54, 1.807) is 12.4 Å². The molecule has 1 rings (SSSR count). The van der Waals surface area contributed by atoms with Crippen LogP contribution in [0, 0.1) is 0 Å². The highest BCUT2D eigenvalue weighted by molar-refractivity contribution is 9.10. The number of halogens is 2. The number of pyridine rings is 1. The fraction of sp³-hybridized carbons (Fsp3) is 0.167. The molecule has 0 aliphatic heterocycles. The van der Waals surface area contributed by atoms with E-state index in [1.165, 1.54) is 0 Å². The van der Waals surface area contributed by atoms with Crippen molar-refractivity contribution in [2.45, 2.75) is 4.67 Å². The van der Waals surface area contributed by atoms with Crippen LogP contribution in [0.3, 0.4) is 0 Å². The largest absolute Gasteiger partial charge is 0.263 e. The van der Waals surface area contributed by atoms with Gasteiger partial charge in [0.25, 0.3) is 0 Å². The molecule has 56 valence electrons. The molecule has 1 heterocycles. The molecule has 0 aliphatic carbocycles. The Morgan fingerprint density at radius 1 is 1.45 bits per heavy atom. The molecule has 0 N–H and O–H groups in total. The lowest BCUT2D eigenvalue weighted by molar-refractivity contribution is 1.16. The molecule has 0 aromatic carbocycles. The van der Waals surface area contributed by atoms with Gasteiger partial charge in [0, 0.05) is 21.5 Å². The fourth-order valence-electron chi connectivity index (χ4n) is 0.737. The Morgan fingerprint density at radius 3 is 2.45 bits per heavy atom. The van der Waals surface area contributed by atoms with E-state index in [2.05, 4.69) is 20.9 Å². The molecule has 0 radical (unpaired) electrons. The molecule has 5 heteroatoms. The van der Waals surface area contributed by atoms with Crippen LogP contribution >= 0.6 is 27.5 Å². The molecule has 0 aliphatic rings. The van der Waals surface area contributed by atoms with Crippen LogP contribution in [0.2, 0.25) is 0 Å². The average molecular weight is 230 g/mol. The summed E-state index contributed by atoms with van der Waals surface area (Å²) >= 11 is 9.40. The SMILES string of the molecule is BC(B)(Cl)c1cncc(Br)c1. The van der Waals surface area contributed by atoms with Crippen LogP contribution in [-0.2, 0) is 4.67 Å². The summed E-state index contributed by atoms with van der Waals surface area (Å²) in [5.74, 6) is 0. The van der Waals surface area contributed by atoms with Crippen LogP contribution in [0.1, 0.15) is 5.56 Å². The predicted octanol–water partition coefficient (Wildman–Crippen LogP) is 0.459. The Bertz CT molecular complexity index is 261. The zero-order valence-electron chi connectivity index (χ0n) is 6.44.